The van der Waals surface area contributed by atoms with Crippen LogP contribution in [0, 0.1) is 19.7 Å². The molecule has 3 amide bonds. The molecule has 1 saturated heterocycles. The lowest BCUT2D eigenvalue weighted by atomic mass is 9.99. The summed E-state index contributed by atoms with van der Waals surface area (Å²) in [6.45, 7) is 8.03. The molecule has 0 atom stereocenters. The van der Waals surface area contributed by atoms with Crippen molar-refractivity contribution in [3.63, 3.8) is 0 Å². The Kier molecular flexibility index (Phi) is 7.30. The average molecular weight is 543 g/mol. The first kappa shape index (κ1) is 26.3. The molecule has 4 aromatic rings. The van der Waals surface area contributed by atoms with Crippen molar-refractivity contribution < 1.29 is 14.0 Å². The fourth-order valence-corrected chi connectivity index (χ4v) is 5.08. The molecule has 2 heterocycles. The van der Waals surface area contributed by atoms with Gasteiger partial charge in [-0.25, -0.2) is 18.9 Å². The third-order valence-electron chi connectivity index (χ3n) is 6.27. The van der Waals surface area contributed by atoms with Gasteiger partial charge in [-0.05, 0) is 67.3 Å². The number of aryl methyl sites for hydroxylation is 2. The minimum Gasteiger partial charge on any atom is -0.303 e. The van der Waals surface area contributed by atoms with Crippen LogP contribution in [0.25, 0.3) is 17.1 Å². The molecule has 0 unspecified atom stereocenters. The molecule has 39 heavy (non-hydrogen) atoms. The van der Waals surface area contributed by atoms with Gasteiger partial charge >= 0.3 is 6.03 Å². The highest BCUT2D eigenvalue weighted by molar-refractivity contribution is 8.15. The number of rotatable bonds is 5. The number of nitrogens with one attached hydrogen (secondary N) is 1. The van der Waals surface area contributed by atoms with Crippen molar-refractivity contribution in [1.82, 2.24) is 14.8 Å². The van der Waals surface area contributed by atoms with Crippen molar-refractivity contribution in [2.24, 2.45) is 4.99 Å². The van der Waals surface area contributed by atoms with Crippen molar-refractivity contribution in [2.45, 2.75) is 33.6 Å². The number of anilines is 2. The number of carbonyl (C=O) groups excluding carboxylic acids is 2. The Hall–Kier alpha value is -4.31. The van der Waals surface area contributed by atoms with Crippen LogP contribution in [-0.4, -0.2) is 37.6 Å². The highest BCUT2D eigenvalue weighted by atomic mass is 32.2. The van der Waals surface area contributed by atoms with Gasteiger partial charge in [0.25, 0.3) is 0 Å². The molecule has 198 valence electrons. The summed E-state index contributed by atoms with van der Waals surface area (Å²) in [7, 11) is 0. The minimum absolute atomic E-state index is 0.0367. The van der Waals surface area contributed by atoms with Gasteiger partial charge in [-0.3, -0.25) is 9.69 Å². The van der Waals surface area contributed by atoms with E-state index in [9.17, 15) is 14.0 Å². The zero-order valence-electron chi connectivity index (χ0n) is 22.0. The summed E-state index contributed by atoms with van der Waals surface area (Å²) in [6, 6.07) is 17.2. The number of halogens is 1. The van der Waals surface area contributed by atoms with Crippen molar-refractivity contribution in [2.75, 3.05) is 16.0 Å². The lowest BCUT2D eigenvalue weighted by Crippen LogP contribution is -2.31. The van der Waals surface area contributed by atoms with Crippen LogP contribution in [0.5, 0.6) is 0 Å². The van der Waals surface area contributed by atoms with Gasteiger partial charge in [0.2, 0.25) is 5.91 Å². The summed E-state index contributed by atoms with van der Waals surface area (Å²) in [5.74, 6) is -0.126. The van der Waals surface area contributed by atoms with Gasteiger partial charge in [0.05, 0.1) is 22.8 Å². The number of hydrogen-bond acceptors (Lipinski definition) is 5. The molecule has 1 fully saturated rings. The van der Waals surface area contributed by atoms with Gasteiger partial charge in [0.15, 0.2) is 11.0 Å². The third kappa shape index (κ3) is 5.61. The first-order valence-corrected chi connectivity index (χ1v) is 13.4. The van der Waals surface area contributed by atoms with Crippen LogP contribution < -0.4 is 10.2 Å². The largest absolute Gasteiger partial charge is 0.347 e. The third-order valence-corrected chi connectivity index (χ3v) is 7.19. The predicted molar refractivity (Wildman–Crippen MR) is 153 cm³/mol. The fourth-order valence-electron chi connectivity index (χ4n) is 4.22. The number of aliphatic imine (C=N–C) groups is 1. The van der Waals surface area contributed by atoms with E-state index in [0.29, 0.717) is 17.1 Å². The molecule has 5 rings (SSSR count). The van der Waals surface area contributed by atoms with Gasteiger partial charge in [-0.1, -0.05) is 55.4 Å². The van der Waals surface area contributed by atoms with Crippen LogP contribution in [0.2, 0.25) is 0 Å². The molecule has 0 bridgehead atoms. The molecule has 1 aromatic heterocycles. The maximum absolute atomic E-state index is 15.0. The van der Waals surface area contributed by atoms with Gasteiger partial charge in [-0.15, -0.1) is 5.10 Å². The Morgan fingerprint density at radius 2 is 1.79 bits per heavy atom. The second kappa shape index (κ2) is 10.8. The van der Waals surface area contributed by atoms with Crippen molar-refractivity contribution in [3.8, 4) is 17.1 Å². The average Bonchev–Trinajstić information content (AvgIpc) is 3.52. The number of amides is 3. The zero-order chi connectivity index (χ0) is 27.7. The van der Waals surface area contributed by atoms with Crippen LogP contribution in [0.1, 0.15) is 36.5 Å². The van der Waals surface area contributed by atoms with Gasteiger partial charge in [-0.2, -0.15) is 4.99 Å². The molecule has 1 aliphatic rings. The van der Waals surface area contributed by atoms with E-state index in [1.807, 2.05) is 70.2 Å². The second-order valence-corrected chi connectivity index (χ2v) is 10.5. The maximum atomic E-state index is 15.0. The summed E-state index contributed by atoms with van der Waals surface area (Å²) < 4.78 is 16.6. The van der Waals surface area contributed by atoms with Crippen LogP contribution in [0.4, 0.5) is 20.6 Å². The standard InChI is InChI=1S/C29H27FN6O2S/c1-17(2)22-11-7-19(4)13-25(22)36-26(37)15-39-29(36)33-28(38)32-24-12-8-20(14-23(24)30)27-31-16-35(34-27)21-9-5-18(3)6-10-21/h5-14,16-17H,15H2,1-4H3,(H,32,38)/b33-29-. The molecule has 1 N–H and O–H groups in total. The van der Waals surface area contributed by atoms with Crippen LogP contribution in [-0.2, 0) is 4.79 Å². The van der Waals surface area contributed by atoms with Crippen molar-refractivity contribution in [3.05, 3.63) is 89.5 Å². The normalized spacial score (nSPS) is 14.5. The number of nitrogens with zero attached hydrogens (tertiary/aromatic N) is 5. The first-order chi connectivity index (χ1) is 18.7. The monoisotopic (exact) mass is 542 g/mol. The SMILES string of the molecule is Cc1ccc(-n2cnc(-c3ccc(NC(=O)/N=C4\SCC(=O)N4c4cc(C)ccc4C(C)C)c(F)c3)n2)cc1. The van der Waals surface area contributed by atoms with E-state index >= 15 is 0 Å². The number of benzene rings is 3. The van der Waals surface area contributed by atoms with E-state index < -0.39 is 11.8 Å². The first-order valence-electron chi connectivity index (χ1n) is 12.4. The fraction of sp³-hybridized carbons (Fsp3) is 0.207. The Morgan fingerprint density at radius 1 is 1.05 bits per heavy atom. The van der Waals surface area contributed by atoms with Crippen molar-refractivity contribution >= 4 is 40.2 Å². The summed E-state index contributed by atoms with van der Waals surface area (Å²) in [6.07, 6.45) is 1.56. The lowest BCUT2D eigenvalue weighted by molar-refractivity contribution is -0.115. The maximum Gasteiger partial charge on any atom is 0.347 e. The Balaban J connectivity index is 1.35. The van der Waals surface area contributed by atoms with Crippen LogP contribution in [0.15, 0.2) is 72.0 Å². The molecule has 0 radical (unpaired) electrons. The van der Waals surface area contributed by atoms with E-state index in [1.165, 1.54) is 28.8 Å². The lowest BCUT2D eigenvalue weighted by Gasteiger charge is -2.22. The van der Waals surface area contributed by atoms with Crippen molar-refractivity contribution in [1.29, 1.82) is 0 Å². The molecule has 8 nitrogen and oxygen atoms in total. The van der Waals surface area contributed by atoms with E-state index in [1.54, 1.807) is 17.1 Å². The number of amidine groups is 1. The van der Waals surface area contributed by atoms with E-state index in [0.717, 1.165) is 22.4 Å². The summed E-state index contributed by atoms with van der Waals surface area (Å²) in [5.41, 5.74) is 5.07. The molecule has 10 heteroatoms. The number of aromatic nitrogens is 3. The molecule has 0 spiro atoms. The Labute approximate surface area is 230 Å². The topological polar surface area (TPSA) is 92.5 Å². The number of thioether (sulfide) groups is 1. The van der Waals surface area contributed by atoms with E-state index in [-0.39, 0.29) is 28.4 Å². The minimum atomic E-state index is -0.774. The van der Waals surface area contributed by atoms with Crippen LogP contribution >= 0.6 is 11.8 Å². The van der Waals surface area contributed by atoms with Gasteiger partial charge in [0.1, 0.15) is 12.1 Å². The van der Waals surface area contributed by atoms with E-state index in [4.69, 9.17) is 0 Å². The second-order valence-electron chi connectivity index (χ2n) is 9.60. The predicted octanol–water partition coefficient (Wildman–Crippen LogP) is 6.48. The highest BCUT2D eigenvalue weighted by Gasteiger charge is 2.32. The number of hydrogen-bond donors (Lipinski definition) is 1. The molecule has 0 saturated carbocycles. The number of carbonyl (C=O) groups is 2. The summed E-state index contributed by atoms with van der Waals surface area (Å²) >= 11 is 1.18. The van der Waals surface area contributed by atoms with Crippen LogP contribution in [0.3, 0.4) is 0 Å². The molecule has 0 aliphatic carbocycles. The molecular weight excluding hydrogens is 515 g/mol. The Morgan fingerprint density at radius 3 is 2.51 bits per heavy atom. The summed E-state index contributed by atoms with van der Waals surface area (Å²) in [4.78, 5) is 35.4. The highest BCUT2D eigenvalue weighted by Crippen LogP contribution is 2.34. The molecule has 1 aliphatic heterocycles. The van der Waals surface area contributed by atoms with Gasteiger partial charge < -0.3 is 5.32 Å². The molecular formula is C29H27FN6O2S. The Bertz CT molecular complexity index is 1600. The van der Waals surface area contributed by atoms with E-state index in [2.05, 4.69) is 20.4 Å². The number of urea groups is 1. The smallest absolute Gasteiger partial charge is 0.303 e. The van der Waals surface area contributed by atoms with Gasteiger partial charge in [0, 0.05) is 5.56 Å². The molecule has 3 aromatic carbocycles. The zero-order valence-corrected chi connectivity index (χ0v) is 22.8. The summed E-state index contributed by atoms with van der Waals surface area (Å²) in [5, 5.41) is 7.19. The quantitative estimate of drug-likeness (QED) is 0.312.